The Morgan fingerprint density at radius 2 is 2.20 bits per heavy atom. The van der Waals surface area contributed by atoms with Gasteiger partial charge in [0.25, 0.3) is 5.91 Å². The highest BCUT2D eigenvalue weighted by Crippen LogP contribution is 2.39. The van der Waals surface area contributed by atoms with E-state index < -0.39 is 0 Å². The molecule has 0 bridgehead atoms. The summed E-state index contributed by atoms with van der Waals surface area (Å²) in [5, 5.41) is 0.360. The molecule has 0 atom stereocenters. The second-order valence-corrected chi connectivity index (χ2v) is 7.80. The first-order valence-corrected chi connectivity index (χ1v) is 9.16. The predicted molar refractivity (Wildman–Crippen MR) is 107 cm³/mol. The number of thioether (sulfide) groups is 1. The van der Waals surface area contributed by atoms with Crippen LogP contribution in [-0.4, -0.2) is 35.4 Å². The molecule has 0 aromatic heterocycles. The maximum atomic E-state index is 12.5. The van der Waals surface area contributed by atoms with E-state index in [0.717, 1.165) is 5.56 Å². The van der Waals surface area contributed by atoms with E-state index in [1.54, 1.807) is 23.1 Å². The average molecular weight is 396 g/mol. The number of benzene rings is 1. The zero-order valence-electron chi connectivity index (χ0n) is 14.2. The van der Waals surface area contributed by atoms with Crippen molar-refractivity contribution in [2.45, 2.75) is 13.8 Å². The van der Waals surface area contributed by atoms with Crippen molar-refractivity contribution in [1.29, 1.82) is 0 Å². The molecule has 0 N–H and O–H groups in total. The van der Waals surface area contributed by atoms with Crippen molar-refractivity contribution < 1.29 is 14.3 Å². The van der Waals surface area contributed by atoms with Crippen LogP contribution in [0.3, 0.4) is 0 Å². The maximum Gasteiger partial charge on any atom is 0.266 e. The molecule has 1 aliphatic rings. The summed E-state index contributed by atoms with van der Waals surface area (Å²) in [7, 11) is 1.51. The number of methoxy groups -OCH3 is 1. The molecule has 1 saturated heterocycles. The molecule has 4 nitrogen and oxygen atoms in total. The molecule has 0 radical (unpaired) electrons. The third-order valence-corrected chi connectivity index (χ3v) is 4.93. The molecule has 1 heterocycles. The van der Waals surface area contributed by atoms with Crippen molar-refractivity contribution in [2.75, 3.05) is 20.3 Å². The van der Waals surface area contributed by atoms with Gasteiger partial charge in [-0.3, -0.25) is 9.69 Å². The highest BCUT2D eigenvalue weighted by molar-refractivity contribution is 8.26. The van der Waals surface area contributed by atoms with Crippen molar-refractivity contribution in [2.24, 2.45) is 5.92 Å². The number of thiocarbonyl (C=S) groups is 1. The molecule has 25 heavy (non-hydrogen) atoms. The summed E-state index contributed by atoms with van der Waals surface area (Å²) in [6.45, 7) is 4.78. The highest BCUT2D eigenvalue weighted by Gasteiger charge is 2.32. The van der Waals surface area contributed by atoms with Crippen molar-refractivity contribution in [3.05, 3.63) is 27.6 Å². The Kier molecular flexibility index (Phi) is 6.77. The lowest BCUT2D eigenvalue weighted by molar-refractivity contribution is -0.122. The Hall–Kier alpha value is -1.68. The van der Waals surface area contributed by atoms with E-state index in [9.17, 15) is 4.79 Å². The summed E-state index contributed by atoms with van der Waals surface area (Å²) in [6.07, 6.45) is 6.96. The molecule has 1 aliphatic heterocycles. The molecular weight excluding hydrogens is 378 g/mol. The number of amides is 1. The zero-order chi connectivity index (χ0) is 18.6. The van der Waals surface area contributed by atoms with Crippen LogP contribution in [0.25, 0.3) is 6.08 Å². The van der Waals surface area contributed by atoms with Crippen molar-refractivity contribution in [1.82, 2.24) is 4.90 Å². The molecule has 0 unspecified atom stereocenters. The van der Waals surface area contributed by atoms with Gasteiger partial charge in [0, 0.05) is 6.54 Å². The molecular formula is C18H18ClNO3S2. The van der Waals surface area contributed by atoms with Gasteiger partial charge in [-0.25, -0.2) is 0 Å². The minimum absolute atomic E-state index is 0.0866. The number of carbonyl (C=O) groups excluding carboxylic acids is 1. The zero-order valence-corrected chi connectivity index (χ0v) is 16.6. The largest absolute Gasteiger partial charge is 0.493 e. The lowest BCUT2D eigenvalue weighted by atomic mass is 10.1. The molecule has 7 heteroatoms. The van der Waals surface area contributed by atoms with Crippen LogP contribution in [0.2, 0.25) is 5.02 Å². The summed E-state index contributed by atoms with van der Waals surface area (Å²) < 4.78 is 11.3. The molecule has 1 amide bonds. The van der Waals surface area contributed by atoms with Crippen LogP contribution < -0.4 is 9.47 Å². The first-order chi connectivity index (χ1) is 11.9. The van der Waals surface area contributed by atoms with Crippen LogP contribution in [0, 0.1) is 18.3 Å². The minimum atomic E-state index is -0.0913. The van der Waals surface area contributed by atoms with E-state index in [4.69, 9.17) is 39.7 Å². The molecule has 0 spiro atoms. The van der Waals surface area contributed by atoms with Crippen LogP contribution in [0.5, 0.6) is 11.5 Å². The van der Waals surface area contributed by atoms with Gasteiger partial charge in [-0.2, -0.15) is 0 Å². The van der Waals surface area contributed by atoms with E-state index in [1.807, 2.05) is 13.8 Å². The number of carbonyl (C=O) groups is 1. The minimum Gasteiger partial charge on any atom is -0.493 e. The van der Waals surface area contributed by atoms with Gasteiger partial charge < -0.3 is 9.47 Å². The lowest BCUT2D eigenvalue weighted by Crippen LogP contribution is -2.31. The van der Waals surface area contributed by atoms with Gasteiger partial charge >= 0.3 is 0 Å². The molecule has 1 fully saturated rings. The number of hydrogen-bond acceptors (Lipinski definition) is 5. The first kappa shape index (κ1) is 19.6. The quantitative estimate of drug-likeness (QED) is 0.409. The smallest absolute Gasteiger partial charge is 0.266 e. The molecule has 1 aromatic carbocycles. The highest BCUT2D eigenvalue weighted by atomic mass is 35.5. The number of ether oxygens (including phenoxy) is 2. The Balaban J connectivity index is 2.32. The Labute approximate surface area is 162 Å². The van der Waals surface area contributed by atoms with E-state index >= 15 is 0 Å². The topological polar surface area (TPSA) is 38.8 Å². The third-order valence-electron chi connectivity index (χ3n) is 3.27. The van der Waals surface area contributed by atoms with E-state index in [2.05, 4.69) is 5.92 Å². The SMILES string of the molecule is C#CCOc1c(Cl)cc(/C=C2\SC(=S)N(CC(C)C)C2=O)cc1OC. The molecule has 1 aromatic rings. The van der Waals surface area contributed by atoms with Gasteiger partial charge in [0.2, 0.25) is 0 Å². The number of terminal acetylenes is 1. The van der Waals surface area contributed by atoms with Crippen LogP contribution in [-0.2, 0) is 4.79 Å². The molecule has 0 saturated carbocycles. The van der Waals surface area contributed by atoms with E-state index in [0.29, 0.717) is 38.2 Å². The standard InChI is InChI=1S/C18H18ClNO3S2/c1-5-6-23-16-13(19)7-12(8-14(16)22-4)9-15-17(21)20(10-11(2)3)18(24)25-15/h1,7-9,11H,6,10H2,2-4H3/b15-9-. The first-order valence-electron chi connectivity index (χ1n) is 7.56. The normalized spacial score (nSPS) is 15.8. The molecule has 2 rings (SSSR count). The lowest BCUT2D eigenvalue weighted by Gasteiger charge is -2.16. The number of halogens is 1. The summed E-state index contributed by atoms with van der Waals surface area (Å²) in [5.74, 6) is 3.46. The summed E-state index contributed by atoms with van der Waals surface area (Å²) in [5.41, 5.74) is 0.722. The van der Waals surface area contributed by atoms with Crippen molar-refractivity contribution >= 4 is 51.9 Å². The maximum absolute atomic E-state index is 12.5. The average Bonchev–Trinajstić information content (AvgIpc) is 2.80. The van der Waals surface area contributed by atoms with Crippen LogP contribution in [0.15, 0.2) is 17.0 Å². The van der Waals surface area contributed by atoms with Crippen molar-refractivity contribution in [3.63, 3.8) is 0 Å². The van der Waals surface area contributed by atoms with Gasteiger partial charge in [0.1, 0.15) is 10.9 Å². The van der Waals surface area contributed by atoms with E-state index in [1.165, 1.54) is 18.9 Å². The van der Waals surface area contributed by atoms with E-state index in [-0.39, 0.29) is 12.5 Å². The monoisotopic (exact) mass is 395 g/mol. The van der Waals surface area contributed by atoms with Crippen LogP contribution >= 0.6 is 35.6 Å². The third kappa shape index (κ3) is 4.69. The molecule has 132 valence electrons. The summed E-state index contributed by atoms with van der Waals surface area (Å²) in [4.78, 5) is 14.7. The van der Waals surface area contributed by atoms with Gasteiger partial charge in [-0.15, -0.1) is 6.42 Å². The second kappa shape index (κ2) is 8.61. The number of nitrogens with zero attached hydrogens (tertiary/aromatic N) is 1. The van der Waals surface area contributed by atoms with Crippen LogP contribution in [0.4, 0.5) is 0 Å². The van der Waals surface area contributed by atoms with Crippen LogP contribution in [0.1, 0.15) is 19.4 Å². The number of hydrogen-bond donors (Lipinski definition) is 0. The fourth-order valence-electron chi connectivity index (χ4n) is 2.25. The summed E-state index contributed by atoms with van der Waals surface area (Å²) >= 11 is 12.9. The second-order valence-electron chi connectivity index (χ2n) is 5.71. The Bertz CT molecular complexity index is 768. The van der Waals surface area contributed by atoms with Crippen molar-refractivity contribution in [3.8, 4) is 23.8 Å². The van der Waals surface area contributed by atoms with Gasteiger partial charge in [0.15, 0.2) is 11.5 Å². The van der Waals surface area contributed by atoms with Gasteiger partial charge in [-0.05, 0) is 29.7 Å². The Morgan fingerprint density at radius 1 is 1.48 bits per heavy atom. The van der Waals surface area contributed by atoms with Gasteiger partial charge in [0.05, 0.1) is 17.0 Å². The van der Waals surface area contributed by atoms with Gasteiger partial charge in [-0.1, -0.05) is 55.3 Å². The molecule has 0 aliphatic carbocycles. The number of rotatable bonds is 6. The predicted octanol–water partition coefficient (Wildman–Crippen LogP) is 4.22. The fraction of sp³-hybridized carbons (Fsp3) is 0.333. The summed E-state index contributed by atoms with van der Waals surface area (Å²) in [6, 6.07) is 3.44. The Morgan fingerprint density at radius 3 is 2.80 bits per heavy atom. The fourth-order valence-corrected chi connectivity index (χ4v) is 3.80.